The zero-order valence-electron chi connectivity index (χ0n) is 15.7. The predicted octanol–water partition coefficient (Wildman–Crippen LogP) is 5.33. The number of aryl methyl sites for hydroxylation is 2. The Morgan fingerprint density at radius 2 is 1.71 bits per heavy atom. The number of amides is 1. The molecule has 28 heavy (non-hydrogen) atoms. The van der Waals surface area contributed by atoms with Crippen LogP contribution in [0, 0.1) is 13.8 Å². The SMILES string of the molecule is Cc1ccc(C(=O)Nc2cccc(-c3cc4ccccc4oc3=O)c2)c(C)c1. The minimum absolute atomic E-state index is 0.180. The number of benzene rings is 3. The van der Waals surface area contributed by atoms with Crippen molar-refractivity contribution >= 4 is 22.6 Å². The van der Waals surface area contributed by atoms with Gasteiger partial charge >= 0.3 is 5.63 Å². The highest BCUT2D eigenvalue weighted by atomic mass is 16.4. The van der Waals surface area contributed by atoms with E-state index in [0.29, 0.717) is 28.0 Å². The van der Waals surface area contributed by atoms with Gasteiger partial charge in [0.25, 0.3) is 5.91 Å². The first-order chi connectivity index (χ1) is 13.5. The summed E-state index contributed by atoms with van der Waals surface area (Å²) < 4.78 is 5.42. The summed E-state index contributed by atoms with van der Waals surface area (Å²) in [5.41, 5.74) is 4.57. The molecule has 138 valence electrons. The van der Waals surface area contributed by atoms with Gasteiger partial charge in [-0.1, -0.05) is 48.0 Å². The van der Waals surface area contributed by atoms with Crippen molar-refractivity contribution in [2.24, 2.45) is 0 Å². The number of fused-ring (bicyclic) bond motifs is 1. The lowest BCUT2D eigenvalue weighted by Gasteiger charge is -2.10. The molecule has 0 fully saturated rings. The van der Waals surface area contributed by atoms with Crippen molar-refractivity contribution < 1.29 is 9.21 Å². The van der Waals surface area contributed by atoms with Gasteiger partial charge < -0.3 is 9.73 Å². The van der Waals surface area contributed by atoms with E-state index in [9.17, 15) is 9.59 Å². The fraction of sp³-hybridized carbons (Fsp3) is 0.0833. The van der Waals surface area contributed by atoms with E-state index < -0.39 is 5.63 Å². The lowest BCUT2D eigenvalue weighted by atomic mass is 10.0. The van der Waals surface area contributed by atoms with Crippen LogP contribution in [0.15, 0.2) is 82.0 Å². The molecule has 4 nitrogen and oxygen atoms in total. The highest BCUT2D eigenvalue weighted by Crippen LogP contribution is 2.24. The van der Waals surface area contributed by atoms with Crippen molar-refractivity contribution in [3.8, 4) is 11.1 Å². The number of para-hydroxylation sites is 1. The van der Waals surface area contributed by atoms with Gasteiger partial charge in [0, 0.05) is 16.6 Å². The molecular weight excluding hydrogens is 350 g/mol. The number of hydrogen-bond donors (Lipinski definition) is 1. The highest BCUT2D eigenvalue weighted by Gasteiger charge is 2.12. The van der Waals surface area contributed by atoms with E-state index in [1.54, 1.807) is 18.2 Å². The summed E-state index contributed by atoms with van der Waals surface area (Å²) in [5.74, 6) is -0.180. The van der Waals surface area contributed by atoms with Crippen LogP contribution in [0.3, 0.4) is 0 Å². The van der Waals surface area contributed by atoms with Crippen LogP contribution < -0.4 is 10.9 Å². The van der Waals surface area contributed by atoms with Crippen LogP contribution in [0.1, 0.15) is 21.5 Å². The molecule has 4 rings (SSSR count). The first-order valence-corrected chi connectivity index (χ1v) is 9.03. The molecule has 0 saturated carbocycles. The van der Waals surface area contributed by atoms with E-state index >= 15 is 0 Å². The zero-order valence-corrected chi connectivity index (χ0v) is 15.7. The Morgan fingerprint density at radius 1 is 0.893 bits per heavy atom. The van der Waals surface area contributed by atoms with Crippen molar-refractivity contribution in [2.75, 3.05) is 5.32 Å². The fourth-order valence-corrected chi connectivity index (χ4v) is 3.29. The van der Waals surface area contributed by atoms with E-state index in [4.69, 9.17) is 4.42 Å². The molecule has 0 aliphatic carbocycles. The molecule has 0 aliphatic heterocycles. The average Bonchev–Trinajstić information content (AvgIpc) is 2.67. The van der Waals surface area contributed by atoms with Gasteiger partial charge in [0.2, 0.25) is 0 Å². The molecule has 0 bridgehead atoms. The van der Waals surface area contributed by atoms with Gasteiger partial charge in [0.05, 0.1) is 5.56 Å². The molecule has 4 heteroatoms. The topological polar surface area (TPSA) is 59.3 Å². The maximum Gasteiger partial charge on any atom is 0.344 e. The summed E-state index contributed by atoms with van der Waals surface area (Å²) in [6.07, 6.45) is 0. The first-order valence-electron chi connectivity index (χ1n) is 9.03. The second-order valence-electron chi connectivity index (χ2n) is 6.84. The van der Waals surface area contributed by atoms with Crippen LogP contribution in [0.25, 0.3) is 22.1 Å². The number of nitrogens with one attached hydrogen (secondary N) is 1. The highest BCUT2D eigenvalue weighted by molar-refractivity contribution is 6.05. The Balaban J connectivity index is 1.68. The molecule has 0 aliphatic rings. The molecule has 1 aromatic heterocycles. The molecule has 0 spiro atoms. The average molecular weight is 369 g/mol. The lowest BCUT2D eigenvalue weighted by molar-refractivity contribution is 0.102. The minimum Gasteiger partial charge on any atom is -0.422 e. The maximum absolute atomic E-state index is 12.6. The van der Waals surface area contributed by atoms with Crippen LogP contribution >= 0.6 is 0 Å². The van der Waals surface area contributed by atoms with E-state index in [1.165, 1.54) is 0 Å². The third kappa shape index (κ3) is 3.45. The van der Waals surface area contributed by atoms with E-state index in [0.717, 1.165) is 16.5 Å². The monoisotopic (exact) mass is 369 g/mol. The van der Waals surface area contributed by atoms with Crippen LogP contribution in [-0.2, 0) is 0 Å². The van der Waals surface area contributed by atoms with Gasteiger partial charge in [-0.05, 0) is 55.3 Å². The van der Waals surface area contributed by atoms with Gasteiger partial charge in [-0.3, -0.25) is 4.79 Å². The zero-order chi connectivity index (χ0) is 19.7. The molecule has 1 heterocycles. The van der Waals surface area contributed by atoms with Crippen LogP contribution in [0.2, 0.25) is 0 Å². The molecular formula is C24H19NO3. The quantitative estimate of drug-likeness (QED) is 0.497. The number of hydrogen-bond acceptors (Lipinski definition) is 3. The van der Waals surface area contributed by atoms with Crippen LogP contribution in [0.5, 0.6) is 0 Å². The summed E-state index contributed by atoms with van der Waals surface area (Å²) in [4.78, 5) is 25.1. The Labute approximate surface area is 162 Å². The summed E-state index contributed by atoms with van der Waals surface area (Å²) in [6, 6.07) is 22.1. The Morgan fingerprint density at radius 3 is 2.54 bits per heavy atom. The third-order valence-electron chi connectivity index (χ3n) is 4.70. The number of carbonyl (C=O) groups excluding carboxylic acids is 1. The molecule has 1 N–H and O–H groups in total. The lowest BCUT2D eigenvalue weighted by Crippen LogP contribution is -2.13. The Bertz CT molecular complexity index is 1250. The number of rotatable bonds is 3. The minimum atomic E-state index is -0.406. The molecule has 0 saturated heterocycles. The molecule has 0 unspecified atom stereocenters. The van der Waals surface area contributed by atoms with Gasteiger partial charge in [-0.15, -0.1) is 0 Å². The molecule has 0 atom stereocenters. The first kappa shape index (κ1) is 17.7. The van der Waals surface area contributed by atoms with Crippen molar-refractivity contribution in [3.63, 3.8) is 0 Å². The second kappa shape index (κ2) is 7.16. The summed E-state index contributed by atoms with van der Waals surface area (Å²) in [6.45, 7) is 3.91. The second-order valence-corrected chi connectivity index (χ2v) is 6.84. The number of carbonyl (C=O) groups is 1. The van der Waals surface area contributed by atoms with Crippen molar-refractivity contribution in [1.29, 1.82) is 0 Å². The van der Waals surface area contributed by atoms with Crippen molar-refractivity contribution in [3.05, 3.63) is 99.9 Å². The standard InChI is InChI=1S/C24H19NO3/c1-15-10-11-20(16(2)12-15)23(26)25-19-8-5-7-17(13-19)21-14-18-6-3-4-9-22(18)28-24(21)27/h3-14H,1-2H3,(H,25,26). The van der Waals surface area contributed by atoms with Gasteiger partial charge in [0.15, 0.2) is 0 Å². The number of anilines is 1. The third-order valence-corrected chi connectivity index (χ3v) is 4.70. The van der Waals surface area contributed by atoms with Gasteiger partial charge in [-0.2, -0.15) is 0 Å². The normalized spacial score (nSPS) is 10.8. The Hall–Kier alpha value is -3.66. The van der Waals surface area contributed by atoms with Crippen molar-refractivity contribution in [1.82, 2.24) is 0 Å². The summed E-state index contributed by atoms with van der Waals surface area (Å²) >= 11 is 0. The van der Waals surface area contributed by atoms with Crippen LogP contribution in [-0.4, -0.2) is 5.91 Å². The Kier molecular flexibility index (Phi) is 4.53. The molecule has 4 aromatic rings. The molecule has 3 aromatic carbocycles. The van der Waals surface area contributed by atoms with E-state index in [-0.39, 0.29) is 5.91 Å². The summed E-state index contributed by atoms with van der Waals surface area (Å²) in [7, 11) is 0. The van der Waals surface area contributed by atoms with E-state index in [1.807, 2.05) is 68.4 Å². The van der Waals surface area contributed by atoms with Crippen LogP contribution in [0.4, 0.5) is 5.69 Å². The van der Waals surface area contributed by atoms with E-state index in [2.05, 4.69) is 5.32 Å². The summed E-state index contributed by atoms with van der Waals surface area (Å²) in [5, 5.41) is 3.76. The molecule has 0 radical (unpaired) electrons. The van der Waals surface area contributed by atoms with Gasteiger partial charge in [-0.25, -0.2) is 4.79 Å². The largest absolute Gasteiger partial charge is 0.422 e. The molecule has 1 amide bonds. The predicted molar refractivity (Wildman–Crippen MR) is 112 cm³/mol. The smallest absolute Gasteiger partial charge is 0.344 e. The fourth-order valence-electron chi connectivity index (χ4n) is 3.29. The van der Waals surface area contributed by atoms with Gasteiger partial charge in [0.1, 0.15) is 5.58 Å². The maximum atomic E-state index is 12.6. The van der Waals surface area contributed by atoms with Crippen molar-refractivity contribution in [2.45, 2.75) is 13.8 Å².